The molecule has 3 rings (SSSR count). The Morgan fingerprint density at radius 3 is 2.38 bits per heavy atom. The van der Waals surface area contributed by atoms with E-state index in [1.165, 1.54) is 31.4 Å². The molecule has 0 radical (unpaired) electrons. The van der Waals surface area contributed by atoms with Crippen LogP contribution in [0.2, 0.25) is 0 Å². The van der Waals surface area contributed by atoms with E-state index < -0.39 is 10.0 Å². The highest BCUT2D eigenvalue weighted by molar-refractivity contribution is 7.92. The molecule has 0 fully saturated rings. The van der Waals surface area contributed by atoms with Crippen molar-refractivity contribution < 1.29 is 22.7 Å². The number of para-hydroxylation sites is 2. The predicted octanol–water partition coefficient (Wildman–Crippen LogP) is 3.61. The van der Waals surface area contributed by atoms with E-state index >= 15 is 0 Å². The fourth-order valence-corrected chi connectivity index (χ4v) is 3.90. The van der Waals surface area contributed by atoms with Gasteiger partial charge in [-0.2, -0.15) is 0 Å². The van der Waals surface area contributed by atoms with Gasteiger partial charge in [-0.05, 0) is 55.8 Å². The summed E-state index contributed by atoms with van der Waals surface area (Å²) in [6.45, 7) is 4.12. The molecule has 0 aliphatic carbocycles. The third-order valence-electron chi connectivity index (χ3n) is 4.39. The largest absolute Gasteiger partial charge is 0.495 e. The highest BCUT2D eigenvalue weighted by Crippen LogP contribution is 2.26. The number of aromatic nitrogens is 1. The molecule has 2 N–H and O–H groups in total. The molecule has 0 aliphatic heterocycles. The summed E-state index contributed by atoms with van der Waals surface area (Å²) < 4.78 is 38.5. The molecular weight excluding hydrogens is 430 g/mol. The number of ether oxygens (including phenoxy) is 2. The lowest BCUT2D eigenvalue weighted by atomic mass is 10.2. The van der Waals surface area contributed by atoms with Gasteiger partial charge in [0.2, 0.25) is 5.88 Å². The van der Waals surface area contributed by atoms with Gasteiger partial charge in [0.15, 0.2) is 0 Å². The van der Waals surface area contributed by atoms with Gasteiger partial charge in [-0.15, -0.1) is 0 Å². The van der Waals surface area contributed by atoms with Crippen LogP contribution in [0.4, 0.5) is 5.69 Å². The fourth-order valence-electron chi connectivity index (χ4n) is 2.83. The molecular formula is C23H25N3O5S. The molecule has 0 saturated carbocycles. The minimum absolute atomic E-state index is 0.0322. The van der Waals surface area contributed by atoms with Crippen LogP contribution < -0.4 is 19.5 Å². The van der Waals surface area contributed by atoms with Gasteiger partial charge in [-0.25, -0.2) is 13.4 Å². The van der Waals surface area contributed by atoms with E-state index in [0.29, 0.717) is 22.9 Å². The Balaban J connectivity index is 1.62. The van der Waals surface area contributed by atoms with Crippen molar-refractivity contribution in [3.63, 3.8) is 0 Å². The predicted molar refractivity (Wildman–Crippen MR) is 121 cm³/mol. The summed E-state index contributed by atoms with van der Waals surface area (Å²) in [5, 5.41) is 2.79. The lowest BCUT2D eigenvalue weighted by molar-refractivity contribution is 0.0951. The highest BCUT2D eigenvalue weighted by atomic mass is 32.2. The van der Waals surface area contributed by atoms with E-state index in [1.807, 2.05) is 19.9 Å². The summed E-state index contributed by atoms with van der Waals surface area (Å²) in [6.07, 6.45) is 1.67. The minimum atomic E-state index is -3.84. The van der Waals surface area contributed by atoms with E-state index in [9.17, 15) is 13.2 Å². The van der Waals surface area contributed by atoms with Crippen molar-refractivity contribution in [3.8, 4) is 11.6 Å². The summed E-state index contributed by atoms with van der Waals surface area (Å²) in [5.41, 5.74) is 1.49. The van der Waals surface area contributed by atoms with E-state index in [4.69, 9.17) is 9.47 Å². The van der Waals surface area contributed by atoms with Crippen LogP contribution in [0, 0.1) is 0 Å². The maximum atomic E-state index is 12.7. The summed E-state index contributed by atoms with van der Waals surface area (Å²) >= 11 is 0. The van der Waals surface area contributed by atoms with Gasteiger partial charge in [0, 0.05) is 24.4 Å². The van der Waals surface area contributed by atoms with Crippen molar-refractivity contribution in [2.75, 3.05) is 11.8 Å². The molecule has 32 heavy (non-hydrogen) atoms. The second-order valence-corrected chi connectivity index (χ2v) is 8.87. The monoisotopic (exact) mass is 455 g/mol. The Labute approximate surface area is 187 Å². The maximum absolute atomic E-state index is 12.7. The summed E-state index contributed by atoms with van der Waals surface area (Å²) in [6, 6.07) is 16.0. The number of carbonyl (C=O) groups is 1. The number of carbonyl (C=O) groups excluding carboxylic acids is 1. The number of hydrogen-bond acceptors (Lipinski definition) is 6. The third kappa shape index (κ3) is 5.98. The normalized spacial score (nSPS) is 11.1. The first-order chi connectivity index (χ1) is 15.3. The standard InChI is InChI=1S/C23H25N3O5S/c1-16(2)31-22-13-8-17(14-24-22)15-25-23(27)18-9-11-19(12-10-18)32(28,29)26-20-6-4-5-7-21(20)30-3/h4-14,16,26H,15H2,1-3H3,(H,25,27). The topological polar surface area (TPSA) is 107 Å². The number of methoxy groups -OCH3 is 1. The minimum Gasteiger partial charge on any atom is -0.495 e. The van der Waals surface area contributed by atoms with Gasteiger partial charge >= 0.3 is 0 Å². The molecule has 0 aliphatic rings. The Morgan fingerprint density at radius 1 is 1.03 bits per heavy atom. The first-order valence-corrected chi connectivity index (χ1v) is 11.4. The smallest absolute Gasteiger partial charge is 0.262 e. The molecule has 8 nitrogen and oxygen atoms in total. The van der Waals surface area contributed by atoms with Gasteiger partial charge < -0.3 is 14.8 Å². The lowest BCUT2D eigenvalue weighted by Crippen LogP contribution is -2.23. The van der Waals surface area contributed by atoms with Gasteiger partial charge in [-0.1, -0.05) is 18.2 Å². The number of nitrogens with zero attached hydrogens (tertiary/aromatic N) is 1. The molecule has 9 heteroatoms. The van der Waals surface area contributed by atoms with Gasteiger partial charge in [0.25, 0.3) is 15.9 Å². The summed E-state index contributed by atoms with van der Waals surface area (Å²) in [4.78, 5) is 16.7. The molecule has 168 valence electrons. The molecule has 0 unspecified atom stereocenters. The number of anilines is 1. The van der Waals surface area contributed by atoms with Crippen LogP contribution in [0.1, 0.15) is 29.8 Å². The second-order valence-electron chi connectivity index (χ2n) is 7.18. The number of amides is 1. The van der Waals surface area contributed by atoms with Crippen molar-refractivity contribution in [2.24, 2.45) is 0 Å². The maximum Gasteiger partial charge on any atom is 0.262 e. The number of hydrogen-bond donors (Lipinski definition) is 2. The Hall–Kier alpha value is -3.59. The van der Waals surface area contributed by atoms with Crippen molar-refractivity contribution in [1.29, 1.82) is 0 Å². The molecule has 1 aromatic heterocycles. The van der Waals surface area contributed by atoms with Crippen molar-refractivity contribution >= 4 is 21.6 Å². The van der Waals surface area contributed by atoms with E-state index in [-0.39, 0.29) is 23.5 Å². The average Bonchev–Trinajstić information content (AvgIpc) is 2.78. The third-order valence-corrected chi connectivity index (χ3v) is 5.77. The Kier molecular flexibility index (Phi) is 7.32. The lowest BCUT2D eigenvalue weighted by Gasteiger charge is -2.12. The van der Waals surface area contributed by atoms with Crippen LogP contribution in [0.25, 0.3) is 0 Å². The van der Waals surface area contributed by atoms with Crippen LogP contribution in [-0.2, 0) is 16.6 Å². The first-order valence-electron chi connectivity index (χ1n) is 9.94. The molecule has 0 atom stereocenters. The highest BCUT2D eigenvalue weighted by Gasteiger charge is 2.17. The molecule has 0 spiro atoms. The molecule has 2 aromatic carbocycles. The number of sulfonamides is 1. The van der Waals surface area contributed by atoms with Gasteiger partial charge in [0.05, 0.1) is 23.8 Å². The van der Waals surface area contributed by atoms with E-state index in [0.717, 1.165) is 5.56 Å². The summed E-state index contributed by atoms with van der Waals surface area (Å²) in [7, 11) is -2.38. The van der Waals surface area contributed by atoms with E-state index in [2.05, 4.69) is 15.0 Å². The zero-order valence-corrected chi connectivity index (χ0v) is 18.8. The Bertz CT molecular complexity index is 1160. The van der Waals surface area contributed by atoms with Crippen molar-refractivity contribution in [2.45, 2.75) is 31.4 Å². The van der Waals surface area contributed by atoms with Crippen molar-refractivity contribution in [3.05, 3.63) is 78.0 Å². The van der Waals surface area contributed by atoms with Crippen LogP contribution in [0.5, 0.6) is 11.6 Å². The van der Waals surface area contributed by atoms with Gasteiger partial charge in [0.1, 0.15) is 5.75 Å². The number of benzene rings is 2. The van der Waals surface area contributed by atoms with Crippen LogP contribution in [-0.4, -0.2) is 32.5 Å². The zero-order valence-electron chi connectivity index (χ0n) is 18.0. The fraction of sp³-hybridized carbons (Fsp3) is 0.217. The van der Waals surface area contributed by atoms with Crippen molar-refractivity contribution in [1.82, 2.24) is 10.3 Å². The second kappa shape index (κ2) is 10.1. The van der Waals surface area contributed by atoms with Crippen LogP contribution in [0.3, 0.4) is 0 Å². The quantitative estimate of drug-likeness (QED) is 0.511. The molecule has 3 aromatic rings. The van der Waals surface area contributed by atoms with Gasteiger partial charge in [-0.3, -0.25) is 9.52 Å². The molecule has 1 heterocycles. The zero-order chi connectivity index (χ0) is 23.1. The average molecular weight is 456 g/mol. The molecule has 0 saturated heterocycles. The first kappa shape index (κ1) is 23.1. The van der Waals surface area contributed by atoms with Crippen LogP contribution >= 0.6 is 0 Å². The number of rotatable bonds is 9. The number of nitrogens with one attached hydrogen (secondary N) is 2. The number of pyridine rings is 1. The van der Waals surface area contributed by atoms with Crippen LogP contribution in [0.15, 0.2) is 71.8 Å². The molecule has 1 amide bonds. The molecule has 0 bridgehead atoms. The Morgan fingerprint density at radius 2 is 1.75 bits per heavy atom. The SMILES string of the molecule is COc1ccccc1NS(=O)(=O)c1ccc(C(=O)NCc2ccc(OC(C)C)nc2)cc1. The summed E-state index contributed by atoms with van der Waals surface area (Å²) in [5.74, 6) is 0.605. The van der Waals surface area contributed by atoms with E-state index in [1.54, 1.807) is 36.5 Å².